The molecule has 17 heavy (non-hydrogen) atoms. The van der Waals surface area contributed by atoms with Crippen molar-refractivity contribution in [3.8, 4) is 0 Å². The summed E-state index contributed by atoms with van der Waals surface area (Å²) in [5.74, 6) is 0. The van der Waals surface area contributed by atoms with Crippen molar-refractivity contribution >= 4 is 0 Å². The number of hydrogen-bond donors (Lipinski definition) is 2. The Morgan fingerprint density at radius 3 is 2.59 bits per heavy atom. The summed E-state index contributed by atoms with van der Waals surface area (Å²) in [6.45, 7) is 6.36. The van der Waals surface area contributed by atoms with Gasteiger partial charge in [-0.3, -0.25) is 5.32 Å². The first kappa shape index (κ1) is 13.9. The molecule has 0 amide bonds. The zero-order valence-electron chi connectivity index (χ0n) is 10.5. The van der Waals surface area contributed by atoms with Crippen LogP contribution < -0.4 is 5.32 Å². The third kappa shape index (κ3) is 3.97. The predicted molar refractivity (Wildman–Crippen MR) is 69.9 cm³/mol. The first-order chi connectivity index (χ1) is 8.15. The Kier molecular flexibility index (Phi) is 5.35. The zero-order valence-corrected chi connectivity index (χ0v) is 10.5. The minimum Gasteiger partial charge on any atom is -0.394 e. The monoisotopic (exact) mass is 235 g/mol. The van der Waals surface area contributed by atoms with Crippen LogP contribution in [0, 0.1) is 0 Å². The van der Waals surface area contributed by atoms with E-state index in [1.165, 1.54) is 0 Å². The maximum absolute atomic E-state index is 9.47. The van der Waals surface area contributed by atoms with Gasteiger partial charge in [0.1, 0.15) is 0 Å². The van der Waals surface area contributed by atoms with Gasteiger partial charge in [0.2, 0.25) is 0 Å². The lowest BCUT2D eigenvalue weighted by molar-refractivity contribution is 0.123. The molecule has 0 aromatic heterocycles. The Bertz CT molecular complexity index is 339. The molecule has 2 N–H and O–H groups in total. The lowest BCUT2D eigenvalue weighted by Crippen LogP contribution is -2.47. The van der Waals surface area contributed by atoms with Gasteiger partial charge in [0, 0.05) is 7.11 Å². The largest absolute Gasteiger partial charge is 0.394 e. The Hall–Kier alpha value is -1.16. The number of nitrogens with one attached hydrogen (secondary N) is 1. The molecule has 0 saturated carbocycles. The van der Waals surface area contributed by atoms with E-state index in [0.717, 1.165) is 5.56 Å². The zero-order chi connectivity index (χ0) is 12.7. The van der Waals surface area contributed by atoms with Gasteiger partial charge in [-0.1, -0.05) is 36.4 Å². The van der Waals surface area contributed by atoms with Crippen LogP contribution in [0.25, 0.3) is 0 Å². The van der Waals surface area contributed by atoms with E-state index >= 15 is 0 Å². The van der Waals surface area contributed by atoms with Gasteiger partial charge >= 0.3 is 0 Å². The molecule has 0 aliphatic carbocycles. The fourth-order valence-corrected chi connectivity index (χ4v) is 1.78. The summed E-state index contributed by atoms with van der Waals surface area (Å²) in [6.07, 6.45) is 1.81. The number of benzene rings is 1. The van der Waals surface area contributed by atoms with Crippen molar-refractivity contribution in [2.24, 2.45) is 0 Å². The van der Waals surface area contributed by atoms with E-state index < -0.39 is 0 Å². The van der Waals surface area contributed by atoms with Crippen LogP contribution in [0.3, 0.4) is 0 Å². The Morgan fingerprint density at radius 2 is 2.12 bits per heavy atom. The molecule has 0 aliphatic heterocycles. The molecular formula is C14H21NO2. The van der Waals surface area contributed by atoms with Crippen molar-refractivity contribution in [3.63, 3.8) is 0 Å². The van der Waals surface area contributed by atoms with Gasteiger partial charge < -0.3 is 9.84 Å². The van der Waals surface area contributed by atoms with E-state index in [-0.39, 0.29) is 18.2 Å². The number of ether oxygens (including phenoxy) is 1. The molecule has 0 bridgehead atoms. The minimum absolute atomic E-state index is 0.0388. The molecule has 94 valence electrons. The summed E-state index contributed by atoms with van der Waals surface area (Å²) in [4.78, 5) is 0. The number of hydrogen-bond acceptors (Lipinski definition) is 3. The summed E-state index contributed by atoms with van der Waals surface area (Å²) in [6, 6.07) is 9.74. The van der Waals surface area contributed by atoms with Crippen molar-refractivity contribution in [2.75, 3.05) is 20.3 Å². The summed E-state index contributed by atoms with van der Waals surface area (Å²) in [5.41, 5.74) is 0.706. The third-order valence-corrected chi connectivity index (χ3v) is 2.78. The molecule has 0 spiro atoms. The molecule has 0 radical (unpaired) electrons. The summed E-state index contributed by atoms with van der Waals surface area (Å²) in [7, 11) is 1.65. The van der Waals surface area contributed by atoms with Gasteiger partial charge in [-0.2, -0.15) is 0 Å². The van der Waals surface area contributed by atoms with Crippen molar-refractivity contribution in [1.29, 1.82) is 0 Å². The standard InChI is InChI=1S/C14H21NO2/c1-4-14(2,11-17-3)15-13(10-16)12-8-6-5-7-9-12/h4-9,13,15-16H,1,10-11H2,2-3H3/t13-,14+/m1/s1. The maximum Gasteiger partial charge on any atom is 0.0677 e. The molecule has 0 saturated heterocycles. The smallest absolute Gasteiger partial charge is 0.0677 e. The molecule has 2 atom stereocenters. The van der Waals surface area contributed by atoms with E-state index in [1.54, 1.807) is 7.11 Å². The van der Waals surface area contributed by atoms with E-state index in [9.17, 15) is 5.11 Å². The minimum atomic E-state index is -0.349. The molecule has 1 aromatic carbocycles. The Morgan fingerprint density at radius 1 is 1.47 bits per heavy atom. The van der Waals surface area contributed by atoms with Crippen LogP contribution in [0.5, 0.6) is 0 Å². The van der Waals surface area contributed by atoms with Crippen LogP contribution in [0.2, 0.25) is 0 Å². The molecule has 3 nitrogen and oxygen atoms in total. The van der Waals surface area contributed by atoms with Crippen molar-refractivity contribution < 1.29 is 9.84 Å². The molecule has 0 aliphatic rings. The van der Waals surface area contributed by atoms with Gasteiger partial charge in [-0.15, -0.1) is 6.58 Å². The fraction of sp³-hybridized carbons (Fsp3) is 0.429. The highest BCUT2D eigenvalue weighted by molar-refractivity contribution is 5.20. The Balaban J connectivity index is 2.79. The SMILES string of the molecule is C=C[C@@](C)(COC)N[C@H](CO)c1ccccc1. The first-order valence-corrected chi connectivity index (χ1v) is 5.71. The predicted octanol–water partition coefficient (Wildman–Crippen LogP) is 1.90. The van der Waals surface area contributed by atoms with Gasteiger partial charge in [0.15, 0.2) is 0 Å². The number of aliphatic hydroxyl groups is 1. The normalized spacial score (nSPS) is 16.2. The van der Waals surface area contributed by atoms with Gasteiger partial charge in [0.05, 0.1) is 24.8 Å². The van der Waals surface area contributed by atoms with E-state index in [2.05, 4.69) is 11.9 Å². The molecule has 1 aromatic rings. The van der Waals surface area contributed by atoms with Gasteiger partial charge in [-0.05, 0) is 12.5 Å². The second-order valence-corrected chi connectivity index (χ2v) is 4.34. The van der Waals surface area contributed by atoms with Crippen LogP contribution in [-0.2, 0) is 4.74 Å². The maximum atomic E-state index is 9.47. The molecule has 3 heteroatoms. The van der Waals surface area contributed by atoms with Gasteiger partial charge in [-0.25, -0.2) is 0 Å². The van der Waals surface area contributed by atoms with E-state index in [4.69, 9.17) is 4.74 Å². The summed E-state index contributed by atoms with van der Waals surface area (Å²) >= 11 is 0. The number of methoxy groups -OCH3 is 1. The quantitative estimate of drug-likeness (QED) is 0.709. The molecule has 1 rings (SSSR count). The topological polar surface area (TPSA) is 41.5 Å². The highest BCUT2D eigenvalue weighted by Gasteiger charge is 2.24. The second-order valence-electron chi connectivity index (χ2n) is 4.34. The fourth-order valence-electron chi connectivity index (χ4n) is 1.78. The van der Waals surface area contributed by atoms with E-state index in [0.29, 0.717) is 6.61 Å². The van der Waals surface area contributed by atoms with Crippen LogP contribution in [-0.4, -0.2) is 31.0 Å². The second kappa shape index (κ2) is 6.55. The summed E-state index contributed by atoms with van der Waals surface area (Å²) < 4.78 is 5.16. The van der Waals surface area contributed by atoms with Gasteiger partial charge in [0.25, 0.3) is 0 Å². The highest BCUT2D eigenvalue weighted by Crippen LogP contribution is 2.17. The van der Waals surface area contributed by atoms with Crippen molar-refractivity contribution in [3.05, 3.63) is 48.6 Å². The number of aliphatic hydroxyl groups excluding tert-OH is 1. The van der Waals surface area contributed by atoms with Crippen molar-refractivity contribution in [2.45, 2.75) is 18.5 Å². The van der Waals surface area contributed by atoms with Crippen molar-refractivity contribution in [1.82, 2.24) is 5.32 Å². The van der Waals surface area contributed by atoms with Crippen LogP contribution >= 0.6 is 0 Å². The molecular weight excluding hydrogens is 214 g/mol. The van der Waals surface area contributed by atoms with E-state index in [1.807, 2.05) is 43.3 Å². The number of rotatable bonds is 7. The highest BCUT2D eigenvalue weighted by atomic mass is 16.5. The molecule has 0 unspecified atom stereocenters. The summed E-state index contributed by atoms with van der Waals surface area (Å²) in [5, 5.41) is 12.8. The van der Waals surface area contributed by atoms with Crippen LogP contribution in [0.4, 0.5) is 0 Å². The Labute approximate surface area is 103 Å². The van der Waals surface area contributed by atoms with Crippen LogP contribution in [0.15, 0.2) is 43.0 Å². The average molecular weight is 235 g/mol. The lowest BCUT2D eigenvalue weighted by Gasteiger charge is -2.31. The molecule has 0 fully saturated rings. The lowest BCUT2D eigenvalue weighted by atomic mass is 9.99. The van der Waals surface area contributed by atoms with Crippen LogP contribution in [0.1, 0.15) is 18.5 Å². The average Bonchev–Trinajstić information content (AvgIpc) is 2.37. The third-order valence-electron chi connectivity index (χ3n) is 2.78. The molecule has 0 heterocycles. The first-order valence-electron chi connectivity index (χ1n) is 5.71.